The van der Waals surface area contributed by atoms with Crippen LogP contribution in [0.25, 0.3) is 22.5 Å². The lowest BCUT2D eigenvalue weighted by atomic mass is 9.96. The van der Waals surface area contributed by atoms with Crippen LogP contribution in [0.1, 0.15) is 15.9 Å². The number of nitrogens with one attached hydrogen (secondary N) is 1. The fraction of sp³-hybridized carbons (Fsp3) is 0.346. The number of ether oxygens (including phenoxy) is 1. The Morgan fingerprint density at radius 1 is 0.971 bits per heavy atom. The molecule has 180 valence electrons. The summed E-state index contributed by atoms with van der Waals surface area (Å²) in [6.07, 6.45) is 0.723. The number of hydrogen-bond donors (Lipinski definition) is 2. The van der Waals surface area contributed by atoms with E-state index in [0.717, 1.165) is 62.6 Å². The van der Waals surface area contributed by atoms with Crippen molar-refractivity contribution >= 4 is 17.4 Å². The molecule has 0 bridgehead atoms. The highest BCUT2D eigenvalue weighted by atomic mass is 19.1. The van der Waals surface area contributed by atoms with Crippen LogP contribution in [0.4, 0.5) is 15.9 Å². The van der Waals surface area contributed by atoms with Gasteiger partial charge in [0.25, 0.3) is 5.91 Å². The van der Waals surface area contributed by atoms with Gasteiger partial charge in [-0.1, -0.05) is 18.2 Å². The van der Waals surface area contributed by atoms with Crippen molar-refractivity contribution in [3.8, 4) is 22.5 Å². The number of hydrogen-bond acceptors (Lipinski definition) is 7. The Kier molecular flexibility index (Phi) is 5.58. The van der Waals surface area contributed by atoms with Gasteiger partial charge in [0.1, 0.15) is 11.4 Å². The first-order valence-electron chi connectivity index (χ1n) is 12.0. The number of benzene rings is 2. The molecule has 0 atom stereocenters. The minimum atomic E-state index is -0.701. The average Bonchev–Trinajstić information content (AvgIpc) is 2.84. The molecule has 35 heavy (non-hydrogen) atoms. The summed E-state index contributed by atoms with van der Waals surface area (Å²) in [6.45, 7) is 6.19. The summed E-state index contributed by atoms with van der Waals surface area (Å²) in [5, 5.41) is 2.84. The first kappa shape index (κ1) is 21.9. The number of nitrogen functional groups attached to an aromatic ring is 1. The number of aromatic nitrogens is 2. The third kappa shape index (κ3) is 4.11. The van der Waals surface area contributed by atoms with Gasteiger partial charge in [-0.25, -0.2) is 4.98 Å². The Morgan fingerprint density at radius 2 is 1.71 bits per heavy atom. The fourth-order valence-corrected chi connectivity index (χ4v) is 5.01. The highest BCUT2D eigenvalue weighted by Gasteiger charge is 2.29. The van der Waals surface area contributed by atoms with E-state index in [4.69, 9.17) is 10.5 Å². The predicted octanol–water partition coefficient (Wildman–Crippen LogP) is 2.34. The maximum atomic E-state index is 14.8. The maximum Gasteiger partial charge on any atom is 0.251 e. The van der Waals surface area contributed by atoms with Crippen molar-refractivity contribution in [1.82, 2.24) is 20.2 Å². The van der Waals surface area contributed by atoms with E-state index in [0.29, 0.717) is 29.4 Å². The van der Waals surface area contributed by atoms with E-state index in [2.05, 4.69) is 25.1 Å². The largest absolute Gasteiger partial charge is 0.382 e. The molecule has 3 aliphatic rings. The van der Waals surface area contributed by atoms with Gasteiger partial charge in [0.2, 0.25) is 5.95 Å². The van der Waals surface area contributed by atoms with Crippen molar-refractivity contribution in [2.45, 2.75) is 12.5 Å². The monoisotopic (exact) mass is 474 g/mol. The molecule has 2 fully saturated rings. The number of nitrogens with zero attached hydrogens (tertiary/aromatic N) is 4. The molecule has 0 saturated carbocycles. The summed E-state index contributed by atoms with van der Waals surface area (Å²) in [6, 6.07) is 13.8. The van der Waals surface area contributed by atoms with Gasteiger partial charge < -0.3 is 20.7 Å². The van der Waals surface area contributed by atoms with Gasteiger partial charge in [0, 0.05) is 55.1 Å². The molecular weight excluding hydrogens is 447 g/mol. The number of anilines is 2. The Hall–Kier alpha value is -3.56. The Labute approximate surface area is 202 Å². The zero-order valence-corrected chi connectivity index (χ0v) is 19.3. The lowest BCUT2D eigenvalue weighted by molar-refractivity contribution is -0.0660. The number of amides is 1. The van der Waals surface area contributed by atoms with Crippen LogP contribution in [-0.2, 0) is 11.2 Å². The SMILES string of the molecule is Nc1nc(F)c(-c2ccc(N3CCN(C4COC4)CC3)cc2)nc1-c1ccc2c(c1)CCNC2=O. The van der Waals surface area contributed by atoms with Crippen molar-refractivity contribution in [2.24, 2.45) is 0 Å². The second kappa shape index (κ2) is 8.90. The summed E-state index contributed by atoms with van der Waals surface area (Å²) in [5.74, 6) is -0.763. The van der Waals surface area contributed by atoms with Gasteiger partial charge in [-0.15, -0.1) is 0 Å². The van der Waals surface area contributed by atoms with Crippen LogP contribution in [0.3, 0.4) is 0 Å². The summed E-state index contributed by atoms with van der Waals surface area (Å²) >= 11 is 0. The zero-order valence-electron chi connectivity index (χ0n) is 19.3. The van der Waals surface area contributed by atoms with Crippen LogP contribution in [0.15, 0.2) is 42.5 Å². The number of carbonyl (C=O) groups is 1. The summed E-state index contributed by atoms with van der Waals surface area (Å²) < 4.78 is 20.2. The minimum absolute atomic E-state index is 0.0258. The molecule has 9 heteroatoms. The number of fused-ring (bicyclic) bond motifs is 1. The van der Waals surface area contributed by atoms with E-state index < -0.39 is 5.95 Å². The van der Waals surface area contributed by atoms with Gasteiger partial charge in [0.15, 0.2) is 5.82 Å². The molecule has 1 aromatic heterocycles. The molecule has 0 spiro atoms. The molecule has 8 nitrogen and oxygen atoms in total. The number of halogens is 1. The normalized spacial score (nSPS) is 18.7. The lowest BCUT2D eigenvalue weighted by Crippen LogP contribution is -2.56. The Balaban J connectivity index is 1.24. The third-order valence-corrected chi connectivity index (χ3v) is 7.14. The topological polar surface area (TPSA) is 96.6 Å². The van der Waals surface area contributed by atoms with Crippen LogP contribution in [0, 0.1) is 5.95 Å². The smallest absolute Gasteiger partial charge is 0.251 e. The molecule has 0 unspecified atom stereocenters. The standard InChI is InChI=1S/C26H27FN6O2/c27-24-22(16-1-4-19(5-2-16)32-9-11-33(12-10-32)20-14-35-15-20)30-23(25(28)31-24)18-3-6-21-17(13-18)7-8-29-26(21)34/h1-6,13,20H,7-12,14-15H2,(H2,28,31)(H,29,34). The molecule has 2 aromatic carbocycles. The van der Waals surface area contributed by atoms with E-state index in [1.165, 1.54) is 0 Å². The second-order valence-corrected chi connectivity index (χ2v) is 9.24. The number of rotatable bonds is 4. The second-order valence-electron chi connectivity index (χ2n) is 9.24. The molecule has 1 amide bonds. The molecule has 4 heterocycles. The van der Waals surface area contributed by atoms with Gasteiger partial charge >= 0.3 is 0 Å². The Morgan fingerprint density at radius 3 is 2.43 bits per heavy atom. The van der Waals surface area contributed by atoms with Gasteiger partial charge in [0.05, 0.1) is 19.3 Å². The third-order valence-electron chi connectivity index (χ3n) is 7.14. The van der Waals surface area contributed by atoms with Crippen LogP contribution in [0.5, 0.6) is 0 Å². The highest BCUT2D eigenvalue weighted by molar-refractivity contribution is 5.97. The number of nitrogens with two attached hydrogens (primary N) is 1. The highest BCUT2D eigenvalue weighted by Crippen LogP contribution is 2.31. The fourth-order valence-electron chi connectivity index (χ4n) is 5.01. The molecule has 0 aliphatic carbocycles. The van der Waals surface area contributed by atoms with E-state index in [-0.39, 0.29) is 17.4 Å². The Bertz CT molecular complexity index is 1270. The van der Waals surface area contributed by atoms with E-state index in [9.17, 15) is 9.18 Å². The summed E-state index contributed by atoms with van der Waals surface area (Å²) in [4.78, 5) is 25.4. The molecular formula is C26H27FN6O2. The molecule has 2 saturated heterocycles. The van der Waals surface area contributed by atoms with Crippen molar-refractivity contribution in [3.63, 3.8) is 0 Å². The van der Waals surface area contributed by atoms with Crippen LogP contribution in [-0.4, -0.2) is 72.8 Å². The van der Waals surface area contributed by atoms with Crippen molar-refractivity contribution < 1.29 is 13.9 Å². The van der Waals surface area contributed by atoms with Gasteiger partial charge in [-0.2, -0.15) is 9.37 Å². The minimum Gasteiger partial charge on any atom is -0.382 e. The van der Waals surface area contributed by atoms with Crippen LogP contribution < -0.4 is 16.0 Å². The van der Waals surface area contributed by atoms with Crippen LogP contribution in [0.2, 0.25) is 0 Å². The quantitative estimate of drug-likeness (QED) is 0.599. The van der Waals surface area contributed by atoms with E-state index >= 15 is 0 Å². The number of carbonyl (C=O) groups excluding carboxylic acids is 1. The number of piperazine rings is 1. The van der Waals surface area contributed by atoms with Crippen molar-refractivity contribution in [2.75, 3.05) is 56.6 Å². The zero-order chi connectivity index (χ0) is 23.9. The van der Waals surface area contributed by atoms with E-state index in [1.807, 2.05) is 30.3 Å². The first-order chi connectivity index (χ1) is 17.1. The maximum absolute atomic E-state index is 14.8. The molecule has 3 aliphatic heterocycles. The first-order valence-corrected chi connectivity index (χ1v) is 12.0. The van der Waals surface area contributed by atoms with E-state index in [1.54, 1.807) is 12.1 Å². The predicted molar refractivity (Wildman–Crippen MR) is 132 cm³/mol. The summed E-state index contributed by atoms with van der Waals surface area (Å²) in [7, 11) is 0. The van der Waals surface area contributed by atoms with Crippen molar-refractivity contribution in [1.29, 1.82) is 0 Å². The van der Waals surface area contributed by atoms with Gasteiger partial charge in [-0.05, 0) is 36.2 Å². The van der Waals surface area contributed by atoms with Crippen molar-refractivity contribution in [3.05, 3.63) is 59.5 Å². The molecule has 0 radical (unpaired) electrons. The average molecular weight is 475 g/mol. The van der Waals surface area contributed by atoms with Crippen LogP contribution >= 0.6 is 0 Å². The summed E-state index contributed by atoms with van der Waals surface area (Å²) in [5.41, 5.74) is 10.7. The van der Waals surface area contributed by atoms with Gasteiger partial charge in [-0.3, -0.25) is 9.69 Å². The molecule has 3 aromatic rings. The lowest BCUT2D eigenvalue weighted by Gasteiger charge is -2.43. The molecule has 6 rings (SSSR count). The molecule has 3 N–H and O–H groups in total.